The van der Waals surface area contributed by atoms with Crippen molar-refractivity contribution < 1.29 is 17.9 Å². The molecular formula is C21H21NO4S. The van der Waals surface area contributed by atoms with Crippen LogP contribution in [-0.2, 0) is 20.2 Å². The van der Waals surface area contributed by atoms with Gasteiger partial charge in [0.25, 0.3) is 0 Å². The minimum absolute atomic E-state index is 0.00941. The quantitative estimate of drug-likeness (QED) is 0.764. The minimum Gasteiger partial charge on any atom is -0.465 e. The van der Waals surface area contributed by atoms with Crippen LogP contribution in [0.2, 0.25) is 0 Å². The Balaban J connectivity index is 1.61. The predicted octanol–water partition coefficient (Wildman–Crippen LogP) is 3.22. The van der Waals surface area contributed by atoms with E-state index in [-0.39, 0.29) is 15.9 Å². The number of hydrogen-bond donors (Lipinski definition) is 0. The van der Waals surface area contributed by atoms with Crippen molar-refractivity contribution in [3.05, 3.63) is 71.3 Å². The van der Waals surface area contributed by atoms with Gasteiger partial charge in [-0.2, -0.15) is 4.31 Å². The molecule has 0 bridgehead atoms. The fourth-order valence-electron chi connectivity index (χ4n) is 4.11. The van der Waals surface area contributed by atoms with E-state index in [1.165, 1.54) is 34.7 Å². The summed E-state index contributed by atoms with van der Waals surface area (Å²) in [6.45, 7) is 0.826. The van der Waals surface area contributed by atoms with Gasteiger partial charge in [0, 0.05) is 18.5 Å². The Bertz CT molecular complexity index is 1020. The van der Waals surface area contributed by atoms with Gasteiger partial charge >= 0.3 is 5.97 Å². The lowest BCUT2D eigenvalue weighted by Crippen LogP contribution is -2.44. The molecule has 0 saturated carbocycles. The summed E-state index contributed by atoms with van der Waals surface area (Å²) in [7, 11) is -2.51. The number of methoxy groups -OCH3 is 1. The van der Waals surface area contributed by atoms with Crippen LogP contribution in [0.5, 0.6) is 0 Å². The minimum atomic E-state index is -3.76. The first-order chi connectivity index (χ1) is 13.0. The van der Waals surface area contributed by atoms with Crippen LogP contribution in [0.4, 0.5) is 0 Å². The van der Waals surface area contributed by atoms with E-state index in [4.69, 9.17) is 4.74 Å². The van der Waals surface area contributed by atoms with Gasteiger partial charge in [0.05, 0.1) is 17.6 Å². The molecule has 1 saturated heterocycles. The summed E-state index contributed by atoms with van der Waals surface area (Å²) in [5, 5.41) is 0. The zero-order valence-corrected chi connectivity index (χ0v) is 15.9. The van der Waals surface area contributed by atoms with Crippen molar-refractivity contribution >= 4 is 22.1 Å². The van der Waals surface area contributed by atoms with E-state index in [2.05, 4.69) is 24.3 Å². The summed E-state index contributed by atoms with van der Waals surface area (Å²) in [6.07, 6.45) is 5.79. The standard InChI is InChI=1S/C21H21NO4S/c1-26-20(23)17-7-3-5-9-19(17)27(24,25)22-14-12-21(13-15-22)11-10-16-6-2-4-8-18(16)21/h2-11H,12-15H2,1H3. The normalized spacial score (nSPS) is 18.4. The van der Waals surface area contributed by atoms with E-state index in [0.717, 1.165) is 12.8 Å². The van der Waals surface area contributed by atoms with Crippen LogP contribution in [0.15, 0.2) is 59.5 Å². The number of fused-ring (bicyclic) bond motifs is 2. The summed E-state index contributed by atoms with van der Waals surface area (Å²) in [4.78, 5) is 12.0. The maximum atomic E-state index is 13.2. The maximum absolute atomic E-state index is 13.2. The summed E-state index contributed by atoms with van der Waals surface area (Å²) >= 11 is 0. The molecule has 6 heteroatoms. The molecule has 2 aromatic rings. The van der Waals surface area contributed by atoms with Crippen molar-refractivity contribution in [2.75, 3.05) is 20.2 Å². The van der Waals surface area contributed by atoms with E-state index >= 15 is 0 Å². The van der Waals surface area contributed by atoms with Crippen molar-refractivity contribution in [1.29, 1.82) is 0 Å². The van der Waals surface area contributed by atoms with Crippen molar-refractivity contribution in [1.82, 2.24) is 4.31 Å². The third-order valence-electron chi connectivity index (χ3n) is 5.60. The second-order valence-corrected chi connectivity index (χ2v) is 8.87. The number of piperidine rings is 1. The van der Waals surface area contributed by atoms with Crippen molar-refractivity contribution in [2.24, 2.45) is 0 Å². The van der Waals surface area contributed by atoms with Gasteiger partial charge in [-0.05, 0) is 36.1 Å². The Kier molecular flexibility index (Phi) is 4.40. The second kappa shape index (κ2) is 6.62. The van der Waals surface area contributed by atoms with Gasteiger partial charge in [0.2, 0.25) is 10.0 Å². The monoisotopic (exact) mass is 383 g/mol. The first-order valence-electron chi connectivity index (χ1n) is 8.94. The molecule has 2 aromatic carbocycles. The molecule has 1 heterocycles. The van der Waals surface area contributed by atoms with Gasteiger partial charge in [0.15, 0.2) is 0 Å². The third kappa shape index (κ3) is 2.89. The number of carbonyl (C=O) groups is 1. The largest absolute Gasteiger partial charge is 0.465 e. The number of rotatable bonds is 3. The van der Waals surface area contributed by atoms with Gasteiger partial charge < -0.3 is 4.74 Å². The van der Waals surface area contributed by atoms with Crippen molar-refractivity contribution in [3.63, 3.8) is 0 Å². The van der Waals surface area contributed by atoms with E-state index in [1.54, 1.807) is 12.1 Å². The number of carbonyl (C=O) groups excluding carboxylic acids is 1. The Morgan fingerprint density at radius 2 is 1.70 bits per heavy atom. The predicted molar refractivity (Wildman–Crippen MR) is 103 cm³/mol. The van der Waals surface area contributed by atoms with Gasteiger partial charge in [-0.25, -0.2) is 13.2 Å². The smallest absolute Gasteiger partial charge is 0.339 e. The fraction of sp³-hybridized carbons (Fsp3) is 0.286. The SMILES string of the molecule is COC(=O)c1ccccc1S(=O)(=O)N1CCC2(C=Cc3ccccc32)CC1. The van der Waals surface area contributed by atoms with Crippen LogP contribution >= 0.6 is 0 Å². The Morgan fingerprint density at radius 1 is 1.04 bits per heavy atom. The molecule has 140 valence electrons. The van der Waals surface area contributed by atoms with Gasteiger partial charge in [-0.15, -0.1) is 0 Å². The van der Waals surface area contributed by atoms with Crippen LogP contribution in [0.1, 0.15) is 34.3 Å². The first-order valence-corrected chi connectivity index (χ1v) is 10.4. The summed E-state index contributed by atoms with van der Waals surface area (Å²) in [6, 6.07) is 14.5. The lowest BCUT2D eigenvalue weighted by atomic mass is 9.75. The number of sulfonamides is 1. The van der Waals surface area contributed by atoms with Crippen LogP contribution in [0, 0.1) is 0 Å². The highest BCUT2D eigenvalue weighted by Crippen LogP contribution is 2.44. The molecule has 27 heavy (non-hydrogen) atoms. The Hall–Kier alpha value is -2.44. The van der Waals surface area contributed by atoms with Crippen LogP contribution in [0.25, 0.3) is 6.08 Å². The molecule has 0 radical (unpaired) electrons. The van der Waals surface area contributed by atoms with Gasteiger partial charge in [-0.1, -0.05) is 48.6 Å². The molecule has 1 aliphatic heterocycles. The number of nitrogens with zero attached hydrogens (tertiary/aromatic N) is 1. The summed E-state index contributed by atoms with van der Waals surface area (Å²) in [5.74, 6) is -0.643. The Morgan fingerprint density at radius 3 is 2.44 bits per heavy atom. The topological polar surface area (TPSA) is 63.7 Å². The molecule has 4 rings (SSSR count). The molecule has 0 amide bonds. The van der Waals surface area contributed by atoms with E-state index in [9.17, 15) is 13.2 Å². The van der Waals surface area contributed by atoms with Gasteiger partial charge in [-0.3, -0.25) is 0 Å². The molecule has 5 nitrogen and oxygen atoms in total. The lowest BCUT2D eigenvalue weighted by molar-refractivity contribution is 0.0596. The average molecular weight is 383 g/mol. The molecule has 1 spiro atoms. The molecule has 0 N–H and O–H groups in total. The summed E-state index contributed by atoms with van der Waals surface area (Å²) < 4.78 is 32.6. The summed E-state index contributed by atoms with van der Waals surface area (Å²) in [5.41, 5.74) is 2.47. The number of hydrogen-bond acceptors (Lipinski definition) is 4. The average Bonchev–Trinajstić information content (AvgIpc) is 3.06. The third-order valence-corrected chi connectivity index (χ3v) is 7.56. The molecule has 2 aliphatic rings. The van der Waals surface area contributed by atoms with Crippen molar-refractivity contribution in [3.8, 4) is 0 Å². The zero-order chi connectivity index (χ0) is 19.1. The second-order valence-electron chi connectivity index (χ2n) is 6.97. The Labute approximate surface area is 159 Å². The van der Waals surface area contributed by atoms with Crippen LogP contribution < -0.4 is 0 Å². The highest BCUT2D eigenvalue weighted by molar-refractivity contribution is 7.89. The fourth-order valence-corrected chi connectivity index (χ4v) is 5.73. The number of ether oxygens (including phenoxy) is 1. The molecular weight excluding hydrogens is 362 g/mol. The van der Waals surface area contributed by atoms with E-state index < -0.39 is 16.0 Å². The van der Waals surface area contributed by atoms with Crippen LogP contribution in [-0.4, -0.2) is 38.9 Å². The first kappa shape index (κ1) is 17.9. The van der Waals surface area contributed by atoms with E-state index in [0.29, 0.717) is 13.1 Å². The number of benzene rings is 2. The van der Waals surface area contributed by atoms with E-state index in [1.807, 2.05) is 12.1 Å². The van der Waals surface area contributed by atoms with Gasteiger partial charge in [0.1, 0.15) is 0 Å². The highest BCUT2D eigenvalue weighted by Gasteiger charge is 2.41. The number of esters is 1. The van der Waals surface area contributed by atoms with Crippen molar-refractivity contribution in [2.45, 2.75) is 23.2 Å². The molecule has 1 aliphatic carbocycles. The number of allylic oxidation sites excluding steroid dienone is 1. The van der Waals surface area contributed by atoms with Crippen LogP contribution in [0.3, 0.4) is 0 Å². The molecule has 0 aromatic heterocycles. The lowest BCUT2D eigenvalue weighted by Gasteiger charge is -2.38. The highest BCUT2D eigenvalue weighted by atomic mass is 32.2. The molecule has 0 atom stereocenters. The zero-order valence-electron chi connectivity index (χ0n) is 15.1. The molecule has 0 unspecified atom stereocenters. The maximum Gasteiger partial charge on any atom is 0.339 e. The molecule has 1 fully saturated rings.